The highest BCUT2D eigenvalue weighted by molar-refractivity contribution is 7.79. The van der Waals surface area contributed by atoms with E-state index in [0.29, 0.717) is 0 Å². The topological polar surface area (TPSA) is 108 Å². The first-order chi connectivity index (χ1) is 15.7. The maximum Gasteiger partial charge on any atom is 0.394 e. The molecule has 0 aromatic carbocycles. The molecule has 0 fully saturated rings. The van der Waals surface area contributed by atoms with E-state index in [4.69, 9.17) is 17.5 Å². The van der Waals surface area contributed by atoms with Gasteiger partial charge in [-0.2, -0.15) is 8.42 Å². The molecule has 1 aromatic rings. The average molecular weight is 488 g/mol. The van der Waals surface area contributed by atoms with Crippen molar-refractivity contribution < 1.29 is 22.6 Å². The monoisotopic (exact) mass is 487 g/mol. The highest BCUT2D eigenvalue weighted by Gasteiger charge is 2.28. The van der Waals surface area contributed by atoms with Crippen molar-refractivity contribution in [3.05, 3.63) is 30.1 Å². The standard InChI is InChI=1S/C26H47NO.H2O4S/c1-3-5-7-9-11-12-14-16-18-22-26(28,25-20-19-23-27-24-25)21-17-15-13-10-8-6-4-2;1-5(2,3)4/h19-20,23-24,28H,3-18,21-22H2,1-2H3;(H2,1,2,3,4). The highest BCUT2D eigenvalue weighted by atomic mass is 32.3. The molecule has 1 atom stereocenters. The van der Waals surface area contributed by atoms with Crippen molar-refractivity contribution in [1.82, 2.24) is 4.98 Å². The Morgan fingerprint density at radius 2 is 1.09 bits per heavy atom. The van der Waals surface area contributed by atoms with Gasteiger partial charge in [-0.1, -0.05) is 123 Å². The predicted octanol–water partition coefficient (Wildman–Crippen LogP) is 7.68. The molecule has 33 heavy (non-hydrogen) atoms. The Balaban J connectivity index is 0.00000184. The molecular formula is C26H49NO5S. The fraction of sp³-hybridized carbons (Fsp3) is 0.808. The van der Waals surface area contributed by atoms with Crippen molar-refractivity contribution in [3.63, 3.8) is 0 Å². The second kappa shape index (κ2) is 20.4. The first kappa shape index (κ1) is 32.0. The van der Waals surface area contributed by atoms with Gasteiger partial charge in [-0.15, -0.1) is 0 Å². The van der Waals surface area contributed by atoms with Crippen molar-refractivity contribution >= 4 is 10.4 Å². The lowest BCUT2D eigenvalue weighted by Gasteiger charge is -2.29. The van der Waals surface area contributed by atoms with Gasteiger partial charge in [0.25, 0.3) is 0 Å². The molecule has 6 nitrogen and oxygen atoms in total. The number of aliphatic hydroxyl groups is 1. The van der Waals surface area contributed by atoms with Crippen molar-refractivity contribution in [2.24, 2.45) is 0 Å². The van der Waals surface area contributed by atoms with Gasteiger partial charge in [0.2, 0.25) is 0 Å². The quantitative estimate of drug-likeness (QED) is 0.136. The molecule has 0 aliphatic carbocycles. The van der Waals surface area contributed by atoms with Crippen LogP contribution in [0, 0.1) is 0 Å². The first-order valence-electron chi connectivity index (χ1n) is 13.1. The molecule has 0 aliphatic rings. The lowest BCUT2D eigenvalue weighted by molar-refractivity contribution is 0.0129. The van der Waals surface area contributed by atoms with Gasteiger partial charge in [-0.3, -0.25) is 14.1 Å². The minimum atomic E-state index is -4.67. The Bertz CT molecular complexity index is 646. The van der Waals surface area contributed by atoms with Gasteiger partial charge in [0, 0.05) is 18.0 Å². The third-order valence-corrected chi connectivity index (χ3v) is 6.09. The molecule has 0 radical (unpaired) electrons. The van der Waals surface area contributed by atoms with E-state index in [0.717, 1.165) is 31.2 Å². The summed E-state index contributed by atoms with van der Waals surface area (Å²) < 4.78 is 31.6. The minimum absolute atomic E-state index is 0.682. The predicted molar refractivity (Wildman–Crippen MR) is 137 cm³/mol. The normalized spacial score (nSPS) is 13.2. The molecule has 1 aromatic heterocycles. The fourth-order valence-electron chi connectivity index (χ4n) is 4.15. The Hall–Kier alpha value is -1.02. The molecule has 0 spiro atoms. The molecule has 194 valence electrons. The van der Waals surface area contributed by atoms with E-state index in [-0.39, 0.29) is 0 Å². The Morgan fingerprint density at radius 1 is 0.727 bits per heavy atom. The minimum Gasteiger partial charge on any atom is -0.385 e. The zero-order valence-electron chi connectivity index (χ0n) is 21.1. The van der Waals surface area contributed by atoms with Crippen LogP contribution in [0.15, 0.2) is 24.5 Å². The largest absolute Gasteiger partial charge is 0.394 e. The van der Waals surface area contributed by atoms with Crippen LogP contribution >= 0.6 is 0 Å². The molecule has 3 N–H and O–H groups in total. The molecular weight excluding hydrogens is 438 g/mol. The van der Waals surface area contributed by atoms with Crippen LogP contribution in [0.5, 0.6) is 0 Å². The van der Waals surface area contributed by atoms with Crippen molar-refractivity contribution in [1.29, 1.82) is 0 Å². The molecule has 1 heterocycles. The Kier molecular flexibility index (Phi) is 19.7. The average Bonchev–Trinajstić information content (AvgIpc) is 2.77. The Morgan fingerprint density at radius 3 is 1.42 bits per heavy atom. The molecule has 0 aliphatic heterocycles. The van der Waals surface area contributed by atoms with E-state index in [2.05, 4.69) is 24.9 Å². The van der Waals surface area contributed by atoms with E-state index in [1.165, 1.54) is 89.9 Å². The smallest absolute Gasteiger partial charge is 0.385 e. The van der Waals surface area contributed by atoms with E-state index in [1.54, 1.807) is 6.20 Å². The first-order valence-corrected chi connectivity index (χ1v) is 14.5. The SMILES string of the molecule is CCCCCCCCCCCC(O)(CCCCCCCCC)c1cccnc1.O=S(=O)(O)O. The molecule has 0 saturated carbocycles. The number of unbranched alkanes of at least 4 members (excludes halogenated alkanes) is 14. The number of hydrogen-bond acceptors (Lipinski definition) is 4. The fourth-order valence-corrected chi connectivity index (χ4v) is 4.15. The van der Waals surface area contributed by atoms with Gasteiger partial charge in [0.15, 0.2) is 0 Å². The van der Waals surface area contributed by atoms with E-state index < -0.39 is 16.0 Å². The van der Waals surface area contributed by atoms with Crippen molar-refractivity contribution in [2.45, 2.75) is 135 Å². The van der Waals surface area contributed by atoms with Crippen LogP contribution in [0.2, 0.25) is 0 Å². The van der Waals surface area contributed by atoms with Crippen LogP contribution in [0.3, 0.4) is 0 Å². The summed E-state index contributed by atoms with van der Waals surface area (Å²) in [5.74, 6) is 0. The number of aromatic nitrogens is 1. The molecule has 0 bridgehead atoms. The van der Waals surface area contributed by atoms with E-state index >= 15 is 0 Å². The summed E-state index contributed by atoms with van der Waals surface area (Å²) in [6.07, 6.45) is 26.4. The summed E-state index contributed by atoms with van der Waals surface area (Å²) in [5, 5.41) is 11.4. The highest BCUT2D eigenvalue weighted by Crippen LogP contribution is 2.33. The van der Waals surface area contributed by atoms with Gasteiger partial charge >= 0.3 is 10.4 Å². The maximum atomic E-state index is 11.4. The summed E-state index contributed by atoms with van der Waals surface area (Å²) in [7, 11) is -4.67. The Labute approximate surface area is 203 Å². The van der Waals surface area contributed by atoms with Gasteiger partial charge in [-0.25, -0.2) is 0 Å². The summed E-state index contributed by atoms with van der Waals surface area (Å²) in [6, 6.07) is 4.02. The lowest BCUT2D eigenvalue weighted by Crippen LogP contribution is -2.26. The van der Waals surface area contributed by atoms with Gasteiger partial charge in [-0.05, 0) is 18.9 Å². The second-order valence-corrected chi connectivity index (χ2v) is 10.1. The summed E-state index contributed by atoms with van der Waals surface area (Å²) in [4.78, 5) is 4.26. The maximum absolute atomic E-state index is 11.4. The zero-order valence-corrected chi connectivity index (χ0v) is 21.9. The van der Waals surface area contributed by atoms with Crippen molar-refractivity contribution in [2.75, 3.05) is 0 Å². The van der Waals surface area contributed by atoms with E-state index in [1.807, 2.05) is 12.3 Å². The van der Waals surface area contributed by atoms with Crippen LogP contribution < -0.4 is 0 Å². The summed E-state index contributed by atoms with van der Waals surface area (Å²) in [6.45, 7) is 4.54. The number of nitrogens with zero attached hydrogens (tertiary/aromatic N) is 1. The van der Waals surface area contributed by atoms with Crippen LogP contribution in [-0.2, 0) is 16.0 Å². The third-order valence-electron chi connectivity index (χ3n) is 6.09. The number of pyridine rings is 1. The van der Waals surface area contributed by atoms with Gasteiger partial charge in [0.05, 0.1) is 5.60 Å². The van der Waals surface area contributed by atoms with Crippen LogP contribution in [0.1, 0.15) is 135 Å². The molecule has 0 saturated heterocycles. The summed E-state index contributed by atoms with van der Waals surface area (Å²) >= 11 is 0. The molecule has 1 rings (SSSR count). The lowest BCUT2D eigenvalue weighted by atomic mass is 9.84. The zero-order chi connectivity index (χ0) is 24.8. The van der Waals surface area contributed by atoms with Crippen molar-refractivity contribution in [3.8, 4) is 0 Å². The van der Waals surface area contributed by atoms with Crippen LogP contribution in [-0.4, -0.2) is 27.6 Å². The van der Waals surface area contributed by atoms with Gasteiger partial charge < -0.3 is 5.11 Å². The summed E-state index contributed by atoms with van der Waals surface area (Å²) in [5.41, 5.74) is 0.333. The molecule has 1 unspecified atom stereocenters. The second-order valence-electron chi connectivity index (χ2n) is 9.17. The number of hydrogen-bond donors (Lipinski definition) is 3. The third kappa shape index (κ3) is 21.3. The van der Waals surface area contributed by atoms with E-state index in [9.17, 15) is 5.11 Å². The molecule has 7 heteroatoms. The number of rotatable bonds is 19. The van der Waals surface area contributed by atoms with Crippen LogP contribution in [0.25, 0.3) is 0 Å². The van der Waals surface area contributed by atoms with Gasteiger partial charge in [0.1, 0.15) is 0 Å². The molecule has 0 amide bonds. The van der Waals surface area contributed by atoms with Crippen LogP contribution in [0.4, 0.5) is 0 Å².